The van der Waals surface area contributed by atoms with Gasteiger partial charge in [-0.05, 0) is 12.1 Å². The van der Waals surface area contributed by atoms with Gasteiger partial charge >= 0.3 is 5.97 Å². The summed E-state index contributed by atoms with van der Waals surface area (Å²) >= 11 is 0. The van der Waals surface area contributed by atoms with Gasteiger partial charge in [-0.1, -0.05) is 6.07 Å². The van der Waals surface area contributed by atoms with Gasteiger partial charge < -0.3 is 9.84 Å². The van der Waals surface area contributed by atoms with Crippen molar-refractivity contribution in [2.75, 3.05) is 0 Å². The number of carboxylic acid groups (broad SMARTS) is 1. The number of carbonyl (C=O) groups is 1. The first-order chi connectivity index (χ1) is 10.0. The van der Waals surface area contributed by atoms with E-state index in [0.29, 0.717) is 0 Å². The highest BCUT2D eigenvalue weighted by Crippen LogP contribution is 2.31. The molecule has 0 spiro atoms. The van der Waals surface area contributed by atoms with E-state index < -0.39 is 22.1 Å². The van der Waals surface area contributed by atoms with Crippen LogP contribution in [0, 0.1) is 21.4 Å². The highest BCUT2D eigenvalue weighted by molar-refractivity contribution is 5.95. The molecule has 104 valence electrons. The third-order valence-electron chi connectivity index (χ3n) is 2.49. The molecule has 1 aromatic heterocycles. The Morgan fingerprint density at radius 2 is 2.19 bits per heavy atom. The van der Waals surface area contributed by atoms with Crippen LogP contribution in [0.25, 0.3) is 0 Å². The second-order valence-electron chi connectivity index (χ2n) is 3.81. The maximum atomic E-state index is 11.2. The fourth-order valence-corrected chi connectivity index (χ4v) is 1.62. The summed E-state index contributed by atoms with van der Waals surface area (Å²) in [5, 5.41) is 28.7. The van der Waals surface area contributed by atoms with E-state index in [1.165, 1.54) is 30.5 Å². The Hall–Kier alpha value is -3.47. The second kappa shape index (κ2) is 5.66. The lowest BCUT2D eigenvalue weighted by Crippen LogP contribution is -2.05. The van der Waals surface area contributed by atoms with Crippen molar-refractivity contribution in [2.45, 2.75) is 0 Å². The van der Waals surface area contributed by atoms with Crippen molar-refractivity contribution in [3.8, 4) is 17.7 Å². The molecule has 0 amide bonds. The number of nitrogens with zero attached hydrogens (tertiary/aromatic N) is 3. The van der Waals surface area contributed by atoms with Crippen LogP contribution in [-0.4, -0.2) is 21.0 Å². The Kier molecular flexibility index (Phi) is 3.76. The summed E-state index contributed by atoms with van der Waals surface area (Å²) in [7, 11) is 0. The van der Waals surface area contributed by atoms with Crippen molar-refractivity contribution in [1.82, 2.24) is 4.98 Å². The number of aromatic nitrogens is 1. The van der Waals surface area contributed by atoms with Crippen LogP contribution >= 0.6 is 0 Å². The van der Waals surface area contributed by atoms with Gasteiger partial charge in [0.1, 0.15) is 0 Å². The molecule has 0 unspecified atom stereocenters. The number of nitro groups is 1. The van der Waals surface area contributed by atoms with Gasteiger partial charge in [-0.25, -0.2) is 9.78 Å². The van der Waals surface area contributed by atoms with Gasteiger partial charge in [0.25, 0.3) is 5.69 Å². The molecule has 0 atom stereocenters. The number of ether oxygens (including phenoxy) is 1. The Morgan fingerprint density at radius 1 is 1.43 bits per heavy atom. The van der Waals surface area contributed by atoms with E-state index >= 15 is 0 Å². The maximum absolute atomic E-state index is 11.2. The molecule has 1 aromatic carbocycles. The number of benzene rings is 1. The molecular weight excluding hydrogens is 278 g/mol. The quantitative estimate of drug-likeness (QED) is 0.674. The molecule has 0 aliphatic rings. The van der Waals surface area contributed by atoms with Crippen molar-refractivity contribution in [2.24, 2.45) is 0 Å². The zero-order valence-electron chi connectivity index (χ0n) is 10.4. The van der Waals surface area contributed by atoms with Crippen LogP contribution < -0.4 is 4.74 Å². The zero-order chi connectivity index (χ0) is 15.4. The number of aromatic carboxylic acids is 1. The fourth-order valence-electron chi connectivity index (χ4n) is 1.62. The van der Waals surface area contributed by atoms with Gasteiger partial charge in [0.15, 0.2) is 11.3 Å². The van der Waals surface area contributed by atoms with E-state index in [1.54, 1.807) is 0 Å². The Bertz CT molecular complexity index is 767. The van der Waals surface area contributed by atoms with Crippen LogP contribution in [0.1, 0.15) is 15.9 Å². The summed E-state index contributed by atoms with van der Waals surface area (Å²) in [4.78, 5) is 25.1. The smallest absolute Gasteiger partial charge is 0.346 e. The summed E-state index contributed by atoms with van der Waals surface area (Å²) < 4.78 is 5.26. The predicted octanol–water partition coefficient (Wildman–Crippen LogP) is 2.35. The first-order valence-corrected chi connectivity index (χ1v) is 5.57. The molecule has 0 bridgehead atoms. The van der Waals surface area contributed by atoms with Crippen LogP contribution in [0.3, 0.4) is 0 Å². The van der Waals surface area contributed by atoms with Gasteiger partial charge in [0.2, 0.25) is 5.88 Å². The normalized spacial score (nSPS) is 9.67. The number of nitriles is 1. The highest BCUT2D eigenvalue weighted by atomic mass is 16.6. The monoisotopic (exact) mass is 285 g/mol. The third-order valence-corrected chi connectivity index (χ3v) is 2.49. The molecule has 0 saturated heterocycles. The summed E-state index contributed by atoms with van der Waals surface area (Å²) in [5.74, 6) is -1.75. The van der Waals surface area contributed by atoms with E-state index in [9.17, 15) is 14.9 Å². The minimum atomic E-state index is -1.49. The van der Waals surface area contributed by atoms with Crippen molar-refractivity contribution < 1.29 is 19.6 Å². The predicted molar refractivity (Wildman–Crippen MR) is 69.1 cm³/mol. The average molecular weight is 285 g/mol. The van der Waals surface area contributed by atoms with Crippen molar-refractivity contribution in [3.63, 3.8) is 0 Å². The average Bonchev–Trinajstić information content (AvgIpc) is 2.46. The molecule has 2 aromatic rings. The van der Waals surface area contributed by atoms with E-state index in [4.69, 9.17) is 15.1 Å². The third kappa shape index (κ3) is 2.93. The molecule has 0 fully saturated rings. The lowest BCUT2D eigenvalue weighted by molar-refractivity contribution is -0.385. The van der Waals surface area contributed by atoms with Crippen LogP contribution in [0.4, 0.5) is 5.69 Å². The lowest BCUT2D eigenvalue weighted by Gasteiger charge is -2.08. The van der Waals surface area contributed by atoms with Crippen molar-refractivity contribution in [1.29, 1.82) is 5.26 Å². The van der Waals surface area contributed by atoms with Gasteiger partial charge in [-0.15, -0.1) is 0 Å². The topological polar surface area (TPSA) is 126 Å². The molecule has 2 rings (SSSR count). The highest BCUT2D eigenvalue weighted by Gasteiger charge is 2.25. The SMILES string of the molecule is N#Cc1ccnc(Oc2cccc([N+](=O)[O-])c2C(=O)O)c1. The number of hydrogen-bond acceptors (Lipinski definition) is 6. The van der Waals surface area contributed by atoms with Crippen LogP contribution in [0.15, 0.2) is 36.5 Å². The molecule has 1 heterocycles. The molecule has 0 radical (unpaired) electrons. The Morgan fingerprint density at radius 3 is 2.81 bits per heavy atom. The van der Waals surface area contributed by atoms with Gasteiger partial charge in [-0.2, -0.15) is 5.26 Å². The molecular formula is C13H7N3O5. The summed E-state index contributed by atoms with van der Waals surface area (Å²) in [5.41, 5.74) is -0.898. The fraction of sp³-hybridized carbons (Fsp3) is 0. The second-order valence-corrected chi connectivity index (χ2v) is 3.81. The number of hydrogen-bond donors (Lipinski definition) is 1. The minimum absolute atomic E-state index is 0.0305. The summed E-state index contributed by atoms with van der Waals surface area (Å²) in [6.07, 6.45) is 1.31. The standard InChI is InChI=1S/C13H7N3O5/c14-7-8-4-5-15-11(6-8)21-10-3-1-2-9(16(19)20)12(10)13(17)18/h1-6H,(H,17,18). The lowest BCUT2D eigenvalue weighted by atomic mass is 10.1. The van der Waals surface area contributed by atoms with E-state index in [0.717, 1.165) is 6.07 Å². The first kappa shape index (κ1) is 14.0. The molecule has 0 saturated carbocycles. The van der Waals surface area contributed by atoms with Crippen LogP contribution in [-0.2, 0) is 0 Å². The number of carboxylic acids is 1. The number of rotatable bonds is 4. The van der Waals surface area contributed by atoms with E-state index in [2.05, 4.69) is 4.98 Å². The van der Waals surface area contributed by atoms with Gasteiger partial charge in [0, 0.05) is 18.3 Å². The number of pyridine rings is 1. The Balaban J connectivity index is 2.49. The molecule has 0 aliphatic heterocycles. The van der Waals surface area contributed by atoms with E-state index in [-0.39, 0.29) is 17.2 Å². The molecule has 8 nitrogen and oxygen atoms in total. The maximum Gasteiger partial charge on any atom is 0.346 e. The Labute approximate surface area is 118 Å². The van der Waals surface area contributed by atoms with Crippen LogP contribution in [0.5, 0.6) is 11.6 Å². The zero-order valence-corrected chi connectivity index (χ0v) is 10.4. The number of nitro benzene ring substituents is 1. The molecule has 0 aliphatic carbocycles. The van der Waals surface area contributed by atoms with Crippen LogP contribution in [0.2, 0.25) is 0 Å². The van der Waals surface area contributed by atoms with Crippen molar-refractivity contribution >= 4 is 11.7 Å². The molecule has 1 N–H and O–H groups in total. The minimum Gasteiger partial charge on any atom is -0.477 e. The first-order valence-electron chi connectivity index (χ1n) is 5.57. The van der Waals surface area contributed by atoms with Gasteiger partial charge in [0.05, 0.1) is 16.6 Å². The summed E-state index contributed by atoms with van der Waals surface area (Å²) in [6.45, 7) is 0. The summed E-state index contributed by atoms with van der Waals surface area (Å²) in [6, 6.07) is 8.25. The largest absolute Gasteiger partial charge is 0.477 e. The van der Waals surface area contributed by atoms with E-state index in [1.807, 2.05) is 6.07 Å². The molecule has 21 heavy (non-hydrogen) atoms. The van der Waals surface area contributed by atoms with Gasteiger partial charge in [-0.3, -0.25) is 10.1 Å². The van der Waals surface area contributed by atoms with Crippen molar-refractivity contribution in [3.05, 3.63) is 57.8 Å². The molecule has 8 heteroatoms.